The summed E-state index contributed by atoms with van der Waals surface area (Å²) in [6, 6.07) is 24.2. The topological polar surface area (TPSA) is 125 Å². The van der Waals surface area contributed by atoms with Crippen LogP contribution in [0.4, 0.5) is 5.69 Å². The zero-order valence-electron chi connectivity index (χ0n) is 20.2. The van der Waals surface area contributed by atoms with Crippen molar-refractivity contribution < 1.29 is 14.4 Å². The SMILES string of the molecule is C=C.C=O.CN.Cc1ccccc1-c1ccc(C(=O)NCCC(=O)Nc2cccc(C#N)c2)cc1. The van der Waals surface area contributed by atoms with Crippen molar-refractivity contribution in [3.63, 3.8) is 0 Å². The molecule has 0 fully saturated rings. The molecule has 0 bridgehead atoms. The fraction of sp³-hybridized carbons (Fsp3) is 0.143. The number of nitriles is 1. The number of benzene rings is 3. The lowest BCUT2D eigenvalue weighted by molar-refractivity contribution is -0.116. The molecule has 35 heavy (non-hydrogen) atoms. The van der Waals surface area contributed by atoms with Gasteiger partial charge < -0.3 is 21.2 Å². The highest BCUT2D eigenvalue weighted by Gasteiger charge is 2.08. The molecule has 3 aromatic carbocycles. The van der Waals surface area contributed by atoms with Crippen molar-refractivity contribution in [2.45, 2.75) is 13.3 Å². The second-order valence-corrected chi connectivity index (χ2v) is 6.64. The van der Waals surface area contributed by atoms with Crippen LogP contribution in [0.15, 0.2) is 86.0 Å². The van der Waals surface area contributed by atoms with Crippen LogP contribution in [0.25, 0.3) is 11.1 Å². The first-order valence-electron chi connectivity index (χ1n) is 10.7. The van der Waals surface area contributed by atoms with Gasteiger partial charge in [0.15, 0.2) is 0 Å². The zero-order valence-corrected chi connectivity index (χ0v) is 20.2. The smallest absolute Gasteiger partial charge is 0.251 e. The Kier molecular flexibility index (Phi) is 15.6. The summed E-state index contributed by atoms with van der Waals surface area (Å²) in [7, 11) is 1.50. The van der Waals surface area contributed by atoms with Crippen molar-refractivity contribution in [1.29, 1.82) is 5.26 Å². The summed E-state index contributed by atoms with van der Waals surface area (Å²) in [5.41, 5.74) is 9.45. The maximum absolute atomic E-state index is 12.3. The Morgan fingerprint density at radius 3 is 2.17 bits per heavy atom. The Labute approximate surface area is 207 Å². The molecule has 3 rings (SSSR count). The van der Waals surface area contributed by atoms with Gasteiger partial charge >= 0.3 is 0 Å². The highest BCUT2D eigenvalue weighted by atomic mass is 16.2. The van der Waals surface area contributed by atoms with E-state index in [1.54, 1.807) is 36.4 Å². The second kappa shape index (κ2) is 18.0. The molecule has 3 aromatic rings. The third-order valence-corrected chi connectivity index (χ3v) is 4.52. The first-order chi connectivity index (χ1) is 17.1. The van der Waals surface area contributed by atoms with Crippen LogP contribution in [0.1, 0.15) is 27.9 Å². The summed E-state index contributed by atoms with van der Waals surface area (Å²) >= 11 is 0. The first kappa shape index (κ1) is 30.5. The Bertz CT molecular complexity index is 1100. The number of nitrogens with two attached hydrogens (primary N) is 1. The summed E-state index contributed by atoms with van der Waals surface area (Å²) < 4.78 is 0. The van der Waals surface area contributed by atoms with Gasteiger partial charge in [0.1, 0.15) is 6.79 Å². The van der Waals surface area contributed by atoms with E-state index in [9.17, 15) is 9.59 Å². The predicted octanol–water partition coefficient (Wildman–Crippen LogP) is 4.48. The molecule has 0 aliphatic rings. The molecule has 0 aliphatic heterocycles. The average molecular weight is 473 g/mol. The highest BCUT2D eigenvalue weighted by molar-refractivity contribution is 5.95. The molecule has 0 spiro atoms. The minimum absolute atomic E-state index is 0.143. The molecule has 0 unspecified atom stereocenters. The van der Waals surface area contributed by atoms with Gasteiger partial charge in [0.25, 0.3) is 5.91 Å². The van der Waals surface area contributed by atoms with Gasteiger partial charge in [0, 0.05) is 24.2 Å². The maximum Gasteiger partial charge on any atom is 0.251 e. The standard InChI is InChI=1S/C24H21N3O2.C2H4.CH5N.CH2O/c1-17-5-2-3-8-22(17)19-9-11-20(12-10-19)24(29)26-14-13-23(28)27-21-7-4-6-18(15-21)16-25;3*1-2/h2-12,15H,13-14H2,1H3,(H,26,29)(H,27,28);1-2H2;2H2,1H3;1H2. The van der Waals surface area contributed by atoms with E-state index in [1.807, 2.05) is 37.1 Å². The molecular formula is C28H32N4O3. The van der Waals surface area contributed by atoms with Crippen LogP contribution < -0.4 is 16.4 Å². The zero-order chi connectivity index (χ0) is 26.6. The maximum atomic E-state index is 12.3. The van der Waals surface area contributed by atoms with Crippen LogP contribution in [0.3, 0.4) is 0 Å². The van der Waals surface area contributed by atoms with Crippen LogP contribution in [0, 0.1) is 18.3 Å². The first-order valence-corrected chi connectivity index (χ1v) is 10.7. The molecule has 2 amide bonds. The van der Waals surface area contributed by atoms with E-state index in [0.29, 0.717) is 16.8 Å². The van der Waals surface area contributed by atoms with E-state index >= 15 is 0 Å². The second-order valence-electron chi connectivity index (χ2n) is 6.64. The largest absolute Gasteiger partial charge is 0.352 e. The molecule has 0 atom stereocenters. The van der Waals surface area contributed by atoms with Crippen LogP contribution in [0.5, 0.6) is 0 Å². The van der Waals surface area contributed by atoms with Crippen LogP contribution in [0.2, 0.25) is 0 Å². The number of nitrogens with one attached hydrogen (secondary N) is 2. The lowest BCUT2D eigenvalue weighted by atomic mass is 9.99. The van der Waals surface area contributed by atoms with Crippen molar-refractivity contribution in [2.75, 3.05) is 18.9 Å². The molecule has 0 saturated carbocycles. The number of carbonyl (C=O) groups excluding carboxylic acids is 3. The third-order valence-electron chi connectivity index (χ3n) is 4.52. The number of hydrogen-bond donors (Lipinski definition) is 3. The van der Waals surface area contributed by atoms with Crippen molar-refractivity contribution in [3.8, 4) is 17.2 Å². The molecular weight excluding hydrogens is 440 g/mol. The van der Waals surface area contributed by atoms with E-state index in [0.717, 1.165) is 11.1 Å². The molecule has 0 saturated heterocycles. The van der Waals surface area contributed by atoms with Crippen LogP contribution >= 0.6 is 0 Å². The third kappa shape index (κ3) is 10.3. The molecule has 0 aliphatic carbocycles. The van der Waals surface area contributed by atoms with E-state index in [-0.39, 0.29) is 24.8 Å². The minimum Gasteiger partial charge on any atom is -0.352 e. The lowest BCUT2D eigenvalue weighted by Gasteiger charge is -2.09. The van der Waals surface area contributed by atoms with Gasteiger partial charge in [-0.15, -0.1) is 13.2 Å². The Morgan fingerprint density at radius 2 is 1.57 bits per heavy atom. The van der Waals surface area contributed by atoms with Gasteiger partial charge in [-0.05, 0) is 61.0 Å². The number of carbonyl (C=O) groups is 3. The van der Waals surface area contributed by atoms with Crippen molar-refractivity contribution in [1.82, 2.24) is 5.32 Å². The molecule has 4 N–H and O–H groups in total. The Hall–Kier alpha value is -4.54. The molecule has 0 radical (unpaired) electrons. The monoisotopic (exact) mass is 472 g/mol. The molecule has 0 aromatic heterocycles. The minimum atomic E-state index is -0.227. The summed E-state index contributed by atoms with van der Waals surface area (Å²) in [6.45, 7) is 10.3. The summed E-state index contributed by atoms with van der Waals surface area (Å²) in [5.74, 6) is -0.448. The van der Waals surface area contributed by atoms with E-state index in [2.05, 4.69) is 48.6 Å². The lowest BCUT2D eigenvalue weighted by Crippen LogP contribution is -2.27. The summed E-state index contributed by atoms with van der Waals surface area (Å²) in [5, 5.41) is 14.4. The fourth-order valence-corrected chi connectivity index (χ4v) is 2.98. The van der Waals surface area contributed by atoms with Gasteiger partial charge in [-0.3, -0.25) is 9.59 Å². The van der Waals surface area contributed by atoms with Crippen LogP contribution in [-0.4, -0.2) is 32.2 Å². The number of hydrogen-bond acceptors (Lipinski definition) is 5. The van der Waals surface area contributed by atoms with E-state index in [1.165, 1.54) is 12.6 Å². The summed E-state index contributed by atoms with van der Waals surface area (Å²) in [4.78, 5) is 32.3. The van der Waals surface area contributed by atoms with Crippen molar-refractivity contribution in [3.05, 3.63) is 103 Å². The number of anilines is 1. The van der Waals surface area contributed by atoms with Crippen molar-refractivity contribution in [2.24, 2.45) is 5.73 Å². The average Bonchev–Trinajstić information content (AvgIpc) is 2.92. The quantitative estimate of drug-likeness (QED) is 0.456. The normalized spacial score (nSPS) is 8.74. The van der Waals surface area contributed by atoms with Crippen molar-refractivity contribution >= 4 is 24.3 Å². The van der Waals surface area contributed by atoms with Crippen LogP contribution in [-0.2, 0) is 9.59 Å². The predicted molar refractivity (Wildman–Crippen MR) is 142 cm³/mol. The molecule has 7 nitrogen and oxygen atoms in total. The fourth-order valence-electron chi connectivity index (χ4n) is 2.98. The van der Waals surface area contributed by atoms with Gasteiger partial charge in [-0.1, -0.05) is 42.5 Å². The van der Waals surface area contributed by atoms with Gasteiger partial charge in [0.2, 0.25) is 5.91 Å². The highest BCUT2D eigenvalue weighted by Crippen LogP contribution is 2.23. The number of amides is 2. The molecule has 7 heteroatoms. The Morgan fingerprint density at radius 1 is 0.943 bits per heavy atom. The van der Waals surface area contributed by atoms with Gasteiger partial charge in [-0.2, -0.15) is 5.26 Å². The molecule has 0 heterocycles. The summed E-state index contributed by atoms with van der Waals surface area (Å²) in [6.07, 6.45) is 0.143. The number of rotatable bonds is 6. The number of aryl methyl sites for hydroxylation is 1. The van der Waals surface area contributed by atoms with Gasteiger partial charge in [-0.25, -0.2) is 0 Å². The van der Waals surface area contributed by atoms with Gasteiger partial charge in [0.05, 0.1) is 11.6 Å². The van der Waals surface area contributed by atoms with E-state index < -0.39 is 0 Å². The molecule has 182 valence electrons. The van der Waals surface area contributed by atoms with E-state index in [4.69, 9.17) is 10.1 Å². The number of nitrogens with zero attached hydrogens (tertiary/aromatic N) is 1. The Balaban J connectivity index is 0.00000179.